The first-order valence-corrected chi connectivity index (χ1v) is 3.32. The summed E-state index contributed by atoms with van der Waals surface area (Å²) in [5.74, 6) is 1.07. The molecule has 0 heterocycles. The number of ether oxygens (including phenoxy) is 1. The lowest BCUT2D eigenvalue weighted by atomic mass is 10.2. The minimum atomic E-state index is 1.05. The summed E-state index contributed by atoms with van der Waals surface area (Å²) in [6.45, 7) is 2.14. The monoisotopic (exact) mass is 124 g/mol. The van der Waals surface area contributed by atoms with E-state index in [4.69, 9.17) is 4.74 Å². The molecule has 0 atom stereocenters. The van der Waals surface area contributed by atoms with Crippen LogP contribution in [0.4, 0.5) is 0 Å². The van der Waals surface area contributed by atoms with Crippen LogP contribution in [0.1, 0.15) is 19.8 Å². The van der Waals surface area contributed by atoms with E-state index in [9.17, 15) is 0 Å². The van der Waals surface area contributed by atoms with Crippen LogP contribution in [0.25, 0.3) is 0 Å². The summed E-state index contributed by atoms with van der Waals surface area (Å²) in [6.07, 6.45) is 6.45. The zero-order valence-corrected chi connectivity index (χ0v) is 5.98. The maximum atomic E-state index is 5.11. The van der Waals surface area contributed by atoms with Crippen LogP contribution < -0.4 is 0 Å². The maximum absolute atomic E-state index is 5.11. The van der Waals surface area contributed by atoms with Gasteiger partial charge in [0.1, 0.15) is 5.76 Å². The first-order valence-electron chi connectivity index (χ1n) is 3.32. The fraction of sp³-hybridized carbons (Fsp3) is 0.500. The lowest BCUT2D eigenvalue weighted by Crippen LogP contribution is -1.85. The van der Waals surface area contributed by atoms with Gasteiger partial charge in [0.05, 0.1) is 7.11 Å². The Morgan fingerprint density at radius 1 is 1.56 bits per heavy atom. The molecule has 1 rings (SSSR count). The van der Waals surface area contributed by atoms with Gasteiger partial charge in [0.25, 0.3) is 0 Å². The Labute approximate surface area is 56.0 Å². The Morgan fingerprint density at radius 2 is 2.33 bits per heavy atom. The molecule has 0 amide bonds. The number of rotatable bonds is 2. The summed E-state index contributed by atoms with van der Waals surface area (Å²) in [4.78, 5) is 0. The third-order valence-electron chi connectivity index (χ3n) is 1.58. The van der Waals surface area contributed by atoms with Gasteiger partial charge in [0, 0.05) is 0 Å². The van der Waals surface area contributed by atoms with Crippen LogP contribution >= 0.6 is 0 Å². The molecule has 0 unspecified atom stereocenters. The quantitative estimate of drug-likeness (QED) is 0.548. The molecule has 0 bridgehead atoms. The topological polar surface area (TPSA) is 9.23 Å². The number of methoxy groups -OCH3 is 1. The van der Waals surface area contributed by atoms with Gasteiger partial charge in [-0.1, -0.05) is 13.0 Å². The molecule has 0 aliphatic heterocycles. The lowest BCUT2D eigenvalue weighted by Gasteiger charge is -2.02. The number of hydrogen-bond acceptors (Lipinski definition) is 1. The highest BCUT2D eigenvalue weighted by Crippen LogP contribution is 2.21. The molecule has 1 nitrogen and oxygen atoms in total. The van der Waals surface area contributed by atoms with E-state index in [1.54, 1.807) is 7.11 Å². The van der Waals surface area contributed by atoms with Crippen molar-refractivity contribution in [1.29, 1.82) is 0 Å². The molecular weight excluding hydrogens is 112 g/mol. The molecule has 0 aromatic carbocycles. The highest BCUT2D eigenvalue weighted by atomic mass is 16.5. The Bertz CT molecular complexity index is 136. The predicted molar refractivity (Wildman–Crippen MR) is 38.1 cm³/mol. The van der Waals surface area contributed by atoms with Crippen LogP contribution in [0.3, 0.4) is 0 Å². The third kappa shape index (κ3) is 1.15. The fourth-order valence-corrected chi connectivity index (χ4v) is 1.07. The van der Waals surface area contributed by atoms with Crippen LogP contribution in [0.5, 0.6) is 0 Å². The first-order chi connectivity index (χ1) is 4.38. The average molecular weight is 124 g/mol. The standard InChI is InChI=1S/C8H12O/c1-3-7-5-4-6-8(7)9-2/h5-6H,3-4H2,1-2H3. The van der Waals surface area contributed by atoms with Crippen molar-refractivity contribution in [3.63, 3.8) is 0 Å². The van der Waals surface area contributed by atoms with E-state index in [2.05, 4.69) is 19.1 Å². The molecule has 0 fully saturated rings. The Morgan fingerprint density at radius 3 is 2.78 bits per heavy atom. The Hall–Kier alpha value is -0.720. The Kier molecular flexibility index (Phi) is 1.93. The lowest BCUT2D eigenvalue weighted by molar-refractivity contribution is 0.300. The van der Waals surface area contributed by atoms with Crippen LogP contribution in [0.15, 0.2) is 23.5 Å². The molecule has 1 heteroatoms. The van der Waals surface area contributed by atoms with Crippen molar-refractivity contribution in [3.8, 4) is 0 Å². The molecular formula is C8H12O. The SMILES string of the molecule is CCC1=CCC=C1OC. The van der Waals surface area contributed by atoms with E-state index in [0.29, 0.717) is 0 Å². The van der Waals surface area contributed by atoms with Crippen molar-refractivity contribution in [1.82, 2.24) is 0 Å². The molecule has 0 aromatic heterocycles. The van der Waals surface area contributed by atoms with E-state index in [1.165, 1.54) is 5.57 Å². The number of hydrogen-bond donors (Lipinski definition) is 0. The van der Waals surface area contributed by atoms with Gasteiger partial charge in [0.2, 0.25) is 0 Å². The highest BCUT2D eigenvalue weighted by molar-refractivity contribution is 5.31. The molecule has 0 spiro atoms. The van der Waals surface area contributed by atoms with Crippen LogP contribution in [-0.4, -0.2) is 7.11 Å². The molecule has 0 N–H and O–H groups in total. The van der Waals surface area contributed by atoms with E-state index < -0.39 is 0 Å². The van der Waals surface area contributed by atoms with Crippen LogP contribution in [0.2, 0.25) is 0 Å². The normalized spacial score (nSPS) is 17.1. The molecule has 1 aliphatic rings. The predicted octanol–water partition coefficient (Wildman–Crippen LogP) is 2.26. The van der Waals surface area contributed by atoms with Crippen molar-refractivity contribution in [3.05, 3.63) is 23.5 Å². The summed E-state index contributed by atoms with van der Waals surface area (Å²) in [7, 11) is 1.72. The van der Waals surface area contributed by atoms with E-state index >= 15 is 0 Å². The smallest absolute Gasteiger partial charge is 0.118 e. The summed E-state index contributed by atoms with van der Waals surface area (Å²) in [5, 5.41) is 0. The summed E-state index contributed by atoms with van der Waals surface area (Å²) in [6, 6.07) is 0. The summed E-state index contributed by atoms with van der Waals surface area (Å²) in [5.41, 5.74) is 1.34. The number of allylic oxidation sites excluding steroid dienone is 3. The zero-order valence-electron chi connectivity index (χ0n) is 5.98. The van der Waals surface area contributed by atoms with Crippen molar-refractivity contribution in [2.75, 3.05) is 7.11 Å². The molecule has 0 aromatic rings. The van der Waals surface area contributed by atoms with Crippen molar-refractivity contribution in [2.45, 2.75) is 19.8 Å². The molecule has 0 saturated carbocycles. The van der Waals surface area contributed by atoms with E-state index in [1.807, 2.05) is 0 Å². The second kappa shape index (κ2) is 2.72. The van der Waals surface area contributed by atoms with Crippen LogP contribution in [-0.2, 0) is 4.74 Å². The molecule has 1 aliphatic carbocycles. The largest absolute Gasteiger partial charge is 0.497 e. The van der Waals surface area contributed by atoms with Gasteiger partial charge in [0.15, 0.2) is 0 Å². The second-order valence-corrected chi connectivity index (χ2v) is 2.09. The van der Waals surface area contributed by atoms with Crippen LogP contribution in [0, 0.1) is 0 Å². The molecule has 0 radical (unpaired) electrons. The third-order valence-corrected chi connectivity index (χ3v) is 1.58. The van der Waals surface area contributed by atoms with E-state index in [-0.39, 0.29) is 0 Å². The maximum Gasteiger partial charge on any atom is 0.118 e. The van der Waals surface area contributed by atoms with Crippen molar-refractivity contribution >= 4 is 0 Å². The van der Waals surface area contributed by atoms with Gasteiger partial charge in [-0.2, -0.15) is 0 Å². The van der Waals surface area contributed by atoms with Gasteiger partial charge < -0.3 is 4.74 Å². The highest BCUT2D eigenvalue weighted by Gasteiger charge is 2.05. The fourth-order valence-electron chi connectivity index (χ4n) is 1.07. The minimum Gasteiger partial charge on any atom is -0.497 e. The molecule has 50 valence electrons. The van der Waals surface area contributed by atoms with Gasteiger partial charge in [-0.05, 0) is 24.5 Å². The summed E-state index contributed by atoms with van der Waals surface area (Å²) >= 11 is 0. The average Bonchev–Trinajstić information content (AvgIpc) is 2.33. The zero-order chi connectivity index (χ0) is 6.69. The molecule has 0 saturated heterocycles. The van der Waals surface area contributed by atoms with Gasteiger partial charge in [-0.25, -0.2) is 0 Å². The van der Waals surface area contributed by atoms with Crippen molar-refractivity contribution in [2.24, 2.45) is 0 Å². The van der Waals surface area contributed by atoms with E-state index in [0.717, 1.165) is 18.6 Å². The second-order valence-electron chi connectivity index (χ2n) is 2.09. The summed E-state index contributed by atoms with van der Waals surface area (Å²) < 4.78 is 5.11. The van der Waals surface area contributed by atoms with Gasteiger partial charge in [-0.3, -0.25) is 0 Å². The molecule has 9 heavy (non-hydrogen) atoms. The van der Waals surface area contributed by atoms with Crippen molar-refractivity contribution < 1.29 is 4.74 Å². The van der Waals surface area contributed by atoms with Gasteiger partial charge in [-0.15, -0.1) is 0 Å². The Balaban J connectivity index is 2.62. The van der Waals surface area contributed by atoms with Gasteiger partial charge >= 0.3 is 0 Å². The first kappa shape index (κ1) is 6.40. The minimum absolute atomic E-state index is 1.05.